The Kier molecular flexibility index (Phi) is 5.72. The SMILES string of the molecule is CC(C)(C)OOC(=O)CCCC(=O)Cl. The molecule has 0 aromatic rings. The molecule has 0 heterocycles. The molecule has 0 unspecified atom stereocenters. The van der Waals surface area contributed by atoms with E-state index in [2.05, 4.69) is 4.89 Å². The lowest BCUT2D eigenvalue weighted by atomic mass is 10.2. The minimum Gasteiger partial charge on any atom is -0.298 e. The molecule has 0 aromatic heterocycles. The van der Waals surface area contributed by atoms with Crippen molar-refractivity contribution in [3.8, 4) is 0 Å². The van der Waals surface area contributed by atoms with Gasteiger partial charge in [-0.15, -0.1) is 0 Å². The topological polar surface area (TPSA) is 52.6 Å². The van der Waals surface area contributed by atoms with E-state index in [-0.39, 0.29) is 12.8 Å². The third-order valence-electron chi connectivity index (χ3n) is 1.14. The first kappa shape index (κ1) is 13.4. The van der Waals surface area contributed by atoms with E-state index in [1.807, 2.05) is 0 Å². The van der Waals surface area contributed by atoms with Gasteiger partial charge in [-0.3, -0.25) is 9.68 Å². The molecule has 0 radical (unpaired) electrons. The van der Waals surface area contributed by atoms with Crippen LogP contribution in [0.25, 0.3) is 0 Å². The van der Waals surface area contributed by atoms with Crippen LogP contribution < -0.4 is 0 Å². The van der Waals surface area contributed by atoms with Crippen molar-refractivity contribution in [2.75, 3.05) is 0 Å². The Morgan fingerprint density at radius 3 is 2.21 bits per heavy atom. The first-order valence-corrected chi connectivity index (χ1v) is 4.76. The van der Waals surface area contributed by atoms with Gasteiger partial charge in [-0.1, -0.05) is 0 Å². The molecular weight excluding hydrogens is 208 g/mol. The van der Waals surface area contributed by atoms with Gasteiger partial charge in [0.05, 0.1) is 0 Å². The van der Waals surface area contributed by atoms with Gasteiger partial charge in [0, 0.05) is 12.8 Å². The molecule has 0 aliphatic heterocycles. The van der Waals surface area contributed by atoms with E-state index >= 15 is 0 Å². The maximum absolute atomic E-state index is 11.0. The zero-order valence-electron chi connectivity index (χ0n) is 8.63. The number of carbonyl (C=O) groups is 2. The molecule has 14 heavy (non-hydrogen) atoms. The highest BCUT2D eigenvalue weighted by Crippen LogP contribution is 2.09. The van der Waals surface area contributed by atoms with Gasteiger partial charge in [0.25, 0.3) is 0 Å². The second kappa shape index (κ2) is 5.98. The molecule has 4 nitrogen and oxygen atoms in total. The van der Waals surface area contributed by atoms with E-state index in [1.165, 1.54) is 0 Å². The van der Waals surface area contributed by atoms with Gasteiger partial charge in [0.15, 0.2) is 0 Å². The summed E-state index contributed by atoms with van der Waals surface area (Å²) in [5, 5.41) is -0.450. The molecular formula is C9H15ClO4. The standard InChI is InChI=1S/C9H15ClO4/c1-9(2,3)14-13-8(12)6-4-5-7(10)11/h4-6H2,1-3H3. The maximum atomic E-state index is 11.0. The van der Waals surface area contributed by atoms with Gasteiger partial charge in [0.2, 0.25) is 5.24 Å². The summed E-state index contributed by atoms with van der Waals surface area (Å²) in [4.78, 5) is 30.6. The molecule has 0 saturated carbocycles. The van der Waals surface area contributed by atoms with Crippen molar-refractivity contribution in [2.45, 2.75) is 45.6 Å². The number of rotatable bonds is 5. The van der Waals surface area contributed by atoms with Crippen LogP contribution in [0.3, 0.4) is 0 Å². The summed E-state index contributed by atoms with van der Waals surface area (Å²) in [7, 11) is 0. The molecule has 0 aliphatic carbocycles. The van der Waals surface area contributed by atoms with E-state index < -0.39 is 16.8 Å². The first-order valence-electron chi connectivity index (χ1n) is 4.38. The highest BCUT2D eigenvalue weighted by Gasteiger charge is 2.15. The summed E-state index contributed by atoms with van der Waals surface area (Å²) < 4.78 is 0. The van der Waals surface area contributed by atoms with E-state index in [4.69, 9.17) is 16.5 Å². The van der Waals surface area contributed by atoms with E-state index in [1.54, 1.807) is 20.8 Å². The van der Waals surface area contributed by atoms with Gasteiger partial charge in [-0.25, -0.2) is 4.79 Å². The zero-order chi connectivity index (χ0) is 11.2. The lowest BCUT2D eigenvalue weighted by molar-refractivity contribution is -0.320. The second-order valence-electron chi connectivity index (χ2n) is 3.86. The van der Waals surface area contributed by atoms with Gasteiger partial charge < -0.3 is 0 Å². The smallest absolute Gasteiger partial charge is 0.298 e. The number of halogens is 1. The Bertz CT molecular complexity index is 207. The zero-order valence-corrected chi connectivity index (χ0v) is 9.39. The third-order valence-corrected chi connectivity index (χ3v) is 1.33. The highest BCUT2D eigenvalue weighted by molar-refractivity contribution is 6.63. The Morgan fingerprint density at radius 1 is 1.21 bits per heavy atom. The first-order chi connectivity index (χ1) is 6.31. The fraction of sp³-hybridized carbons (Fsp3) is 0.778. The Hall–Kier alpha value is -0.610. The molecule has 0 rings (SSSR count). The molecule has 0 bridgehead atoms. The van der Waals surface area contributed by atoms with Crippen LogP contribution >= 0.6 is 11.6 Å². The van der Waals surface area contributed by atoms with Crippen molar-refractivity contribution in [3.63, 3.8) is 0 Å². The average molecular weight is 223 g/mol. The Balaban J connectivity index is 3.52. The lowest BCUT2D eigenvalue weighted by Gasteiger charge is -2.16. The van der Waals surface area contributed by atoms with Crippen LogP contribution in [0, 0.1) is 0 Å². The predicted molar refractivity (Wildman–Crippen MR) is 51.6 cm³/mol. The van der Waals surface area contributed by atoms with Gasteiger partial charge >= 0.3 is 5.97 Å². The fourth-order valence-electron chi connectivity index (χ4n) is 0.585. The number of carbonyl (C=O) groups excluding carboxylic acids is 2. The van der Waals surface area contributed by atoms with Crippen molar-refractivity contribution in [1.82, 2.24) is 0 Å². The quantitative estimate of drug-likeness (QED) is 0.407. The summed E-state index contributed by atoms with van der Waals surface area (Å²) in [6, 6.07) is 0. The van der Waals surface area contributed by atoms with Crippen LogP contribution in [-0.4, -0.2) is 16.8 Å². The third kappa shape index (κ3) is 9.48. The lowest BCUT2D eigenvalue weighted by Crippen LogP contribution is -2.21. The summed E-state index contributed by atoms with van der Waals surface area (Å²) in [5.74, 6) is -0.488. The highest BCUT2D eigenvalue weighted by atomic mass is 35.5. The summed E-state index contributed by atoms with van der Waals surface area (Å²) >= 11 is 5.09. The molecule has 0 N–H and O–H groups in total. The van der Waals surface area contributed by atoms with Crippen molar-refractivity contribution >= 4 is 22.8 Å². The van der Waals surface area contributed by atoms with Gasteiger partial charge in [-0.2, -0.15) is 4.89 Å². The van der Waals surface area contributed by atoms with Crippen LogP contribution in [-0.2, 0) is 19.4 Å². The maximum Gasteiger partial charge on any atom is 0.342 e. The summed E-state index contributed by atoms with van der Waals surface area (Å²) in [5.41, 5.74) is -0.516. The number of hydrogen-bond acceptors (Lipinski definition) is 4. The fourth-order valence-corrected chi connectivity index (χ4v) is 0.718. The molecule has 0 atom stereocenters. The Morgan fingerprint density at radius 2 is 1.79 bits per heavy atom. The molecule has 0 spiro atoms. The van der Waals surface area contributed by atoms with Crippen molar-refractivity contribution in [2.24, 2.45) is 0 Å². The van der Waals surface area contributed by atoms with Gasteiger partial charge in [0.1, 0.15) is 5.60 Å². The van der Waals surface area contributed by atoms with Crippen LogP contribution in [0.2, 0.25) is 0 Å². The van der Waals surface area contributed by atoms with Crippen molar-refractivity contribution in [3.05, 3.63) is 0 Å². The minimum atomic E-state index is -0.516. The molecule has 0 aromatic carbocycles. The largest absolute Gasteiger partial charge is 0.342 e. The van der Waals surface area contributed by atoms with Crippen molar-refractivity contribution in [1.29, 1.82) is 0 Å². The molecule has 0 fully saturated rings. The van der Waals surface area contributed by atoms with E-state index in [0.717, 1.165) is 0 Å². The monoisotopic (exact) mass is 222 g/mol. The predicted octanol–water partition coefficient (Wildman–Crippen LogP) is 2.20. The van der Waals surface area contributed by atoms with Crippen LogP contribution in [0.5, 0.6) is 0 Å². The summed E-state index contributed by atoms with van der Waals surface area (Å²) in [6.07, 6.45) is 0.690. The average Bonchev–Trinajstić information content (AvgIpc) is 1.99. The summed E-state index contributed by atoms with van der Waals surface area (Å²) in [6.45, 7) is 5.30. The molecule has 5 heteroatoms. The van der Waals surface area contributed by atoms with Gasteiger partial charge in [-0.05, 0) is 38.8 Å². The normalized spacial score (nSPS) is 11.1. The number of hydrogen-bond donors (Lipinski definition) is 0. The van der Waals surface area contributed by atoms with E-state index in [0.29, 0.717) is 6.42 Å². The van der Waals surface area contributed by atoms with E-state index in [9.17, 15) is 9.59 Å². The van der Waals surface area contributed by atoms with Crippen LogP contribution in [0.1, 0.15) is 40.0 Å². The molecule has 0 aliphatic rings. The second-order valence-corrected chi connectivity index (χ2v) is 4.28. The minimum absolute atomic E-state index is 0.133. The molecule has 0 saturated heterocycles. The van der Waals surface area contributed by atoms with Crippen LogP contribution in [0.4, 0.5) is 0 Å². The molecule has 82 valence electrons. The van der Waals surface area contributed by atoms with Crippen LogP contribution in [0.15, 0.2) is 0 Å². The van der Waals surface area contributed by atoms with Crippen molar-refractivity contribution < 1.29 is 19.4 Å². The Labute approximate surface area is 88.4 Å². The molecule has 0 amide bonds.